The molecule has 1 aromatic rings. The molecule has 0 spiro atoms. The van der Waals surface area contributed by atoms with Gasteiger partial charge in [0.2, 0.25) is 0 Å². The molecule has 0 amide bonds. The van der Waals surface area contributed by atoms with Gasteiger partial charge in [0.25, 0.3) is 0 Å². The topological polar surface area (TPSA) is 58.7 Å². The lowest BCUT2D eigenvalue weighted by Crippen LogP contribution is -2.48. The highest BCUT2D eigenvalue weighted by Crippen LogP contribution is 2.31. The van der Waals surface area contributed by atoms with Gasteiger partial charge in [-0.15, -0.1) is 0 Å². The number of nitrogens with zero attached hydrogens (tertiary/aromatic N) is 1. The van der Waals surface area contributed by atoms with E-state index >= 15 is 0 Å². The standard InChI is InChI=1S/C15H24N2O2/c1-11(16)13-7-3-4-9-17(13)10-12-6-5-8-14(19-2)15(12)18/h5-6,8,11,13,18H,3-4,7,9-10,16H2,1-2H3. The third-order valence-electron chi connectivity index (χ3n) is 3.95. The van der Waals surface area contributed by atoms with Gasteiger partial charge in [-0.05, 0) is 32.4 Å². The minimum Gasteiger partial charge on any atom is -0.504 e. The van der Waals surface area contributed by atoms with E-state index in [0.717, 1.165) is 25.1 Å². The van der Waals surface area contributed by atoms with Crippen molar-refractivity contribution in [1.82, 2.24) is 4.90 Å². The molecule has 0 radical (unpaired) electrons. The lowest BCUT2D eigenvalue weighted by Gasteiger charge is -2.38. The molecule has 4 heteroatoms. The number of likely N-dealkylation sites (tertiary alicyclic amines) is 1. The van der Waals surface area contributed by atoms with Crippen LogP contribution in [0.5, 0.6) is 11.5 Å². The molecular formula is C15H24N2O2. The predicted molar refractivity (Wildman–Crippen MR) is 76.4 cm³/mol. The van der Waals surface area contributed by atoms with E-state index in [0.29, 0.717) is 11.8 Å². The lowest BCUT2D eigenvalue weighted by atomic mass is 9.96. The highest BCUT2D eigenvalue weighted by molar-refractivity contribution is 5.45. The van der Waals surface area contributed by atoms with Gasteiger partial charge in [0, 0.05) is 24.2 Å². The van der Waals surface area contributed by atoms with Crippen LogP contribution in [0.25, 0.3) is 0 Å². The summed E-state index contributed by atoms with van der Waals surface area (Å²) >= 11 is 0. The largest absolute Gasteiger partial charge is 0.504 e. The fourth-order valence-electron chi connectivity index (χ4n) is 2.89. The monoisotopic (exact) mass is 264 g/mol. The Balaban J connectivity index is 2.15. The summed E-state index contributed by atoms with van der Waals surface area (Å²) in [6.45, 7) is 3.84. The van der Waals surface area contributed by atoms with Gasteiger partial charge in [0.15, 0.2) is 11.5 Å². The molecule has 2 unspecified atom stereocenters. The van der Waals surface area contributed by atoms with Gasteiger partial charge >= 0.3 is 0 Å². The molecule has 4 nitrogen and oxygen atoms in total. The maximum atomic E-state index is 10.2. The van der Waals surface area contributed by atoms with E-state index in [4.69, 9.17) is 10.5 Å². The molecular weight excluding hydrogens is 240 g/mol. The average molecular weight is 264 g/mol. The smallest absolute Gasteiger partial charge is 0.162 e. The fourth-order valence-corrected chi connectivity index (χ4v) is 2.89. The Bertz CT molecular complexity index is 421. The Morgan fingerprint density at radius 3 is 2.95 bits per heavy atom. The maximum Gasteiger partial charge on any atom is 0.162 e. The highest BCUT2D eigenvalue weighted by atomic mass is 16.5. The molecule has 1 aliphatic heterocycles. The van der Waals surface area contributed by atoms with Gasteiger partial charge in [-0.25, -0.2) is 0 Å². The summed E-state index contributed by atoms with van der Waals surface area (Å²) in [6, 6.07) is 6.20. The average Bonchev–Trinajstić information content (AvgIpc) is 2.41. The second-order valence-corrected chi connectivity index (χ2v) is 5.36. The van der Waals surface area contributed by atoms with Crippen LogP contribution in [0.2, 0.25) is 0 Å². The zero-order chi connectivity index (χ0) is 13.8. The van der Waals surface area contributed by atoms with Crippen LogP contribution in [0, 0.1) is 0 Å². The molecule has 2 rings (SSSR count). The second-order valence-electron chi connectivity index (χ2n) is 5.36. The molecule has 0 aromatic heterocycles. The first kappa shape index (κ1) is 14.2. The van der Waals surface area contributed by atoms with E-state index in [1.807, 2.05) is 12.1 Å². The Labute approximate surface area is 115 Å². The number of hydrogen-bond acceptors (Lipinski definition) is 4. The van der Waals surface area contributed by atoms with E-state index in [2.05, 4.69) is 11.8 Å². The summed E-state index contributed by atoms with van der Waals surface area (Å²) in [7, 11) is 1.57. The molecule has 106 valence electrons. The molecule has 1 saturated heterocycles. The molecule has 1 fully saturated rings. The number of phenolic OH excluding ortho intramolecular Hbond substituents is 1. The van der Waals surface area contributed by atoms with Crippen LogP contribution in [0.15, 0.2) is 18.2 Å². The van der Waals surface area contributed by atoms with Crippen LogP contribution >= 0.6 is 0 Å². The third kappa shape index (κ3) is 3.19. The summed E-state index contributed by atoms with van der Waals surface area (Å²) in [4.78, 5) is 2.38. The van der Waals surface area contributed by atoms with Crippen LogP contribution in [0.4, 0.5) is 0 Å². The number of piperidine rings is 1. The van der Waals surface area contributed by atoms with Crippen LogP contribution < -0.4 is 10.5 Å². The van der Waals surface area contributed by atoms with Crippen molar-refractivity contribution in [2.45, 2.75) is 44.8 Å². The van der Waals surface area contributed by atoms with Crippen molar-refractivity contribution < 1.29 is 9.84 Å². The van der Waals surface area contributed by atoms with E-state index < -0.39 is 0 Å². The first-order valence-electron chi connectivity index (χ1n) is 6.98. The normalized spacial score (nSPS) is 22.2. The van der Waals surface area contributed by atoms with Crippen LogP contribution in [-0.2, 0) is 6.54 Å². The van der Waals surface area contributed by atoms with Crippen LogP contribution in [0.1, 0.15) is 31.7 Å². The van der Waals surface area contributed by atoms with Gasteiger partial charge in [0.1, 0.15) is 0 Å². The first-order valence-corrected chi connectivity index (χ1v) is 6.98. The van der Waals surface area contributed by atoms with Crippen LogP contribution in [-0.4, -0.2) is 35.7 Å². The summed E-state index contributed by atoms with van der Waals surface area (Å²) in [6.07, 6.45) is 3.59. The number of phenols is 1. The Morgan fingerprint density at radius 2 is 2.26 bits per heavy atom. The zero-order valence-electron chi connectivity index (χ0n) is 11.8. The minimum atomic E-state index is 0.160. The molecule has 3 N–H and O–H groups in total. The van der Waals surface area contributed by atoms with Crippen molar-refractivity contribution in [2.75, 3.05) is 13.7 Å². The lowest BCUT2D eigenvalue weighted by molar-refractivity contribution is 0.121. The SMILES string of the molecule is COc1cccc(CN2CCCCC2C(C)N)c1O. The quantitative estimate of drug-likeness (QED) is 0.874. The number of para-hydroxylation sites is 1. The highest BCUT2D eigenvalue weighted by Gasteiger charge is 2.26. The van der Waals surface area contributed by atoms with Crippen molar-refractivity contribution in [1.29, 1.82) is 0 Å². The number of ether oxygens (including phenoxy) is 1. The fraction of sp³-hybridized carbons (Fsp3) is 0.600. The number of benzene rings is 1. The van der Waals surface area contributed by atoms with E-state index in [9.17, 15) is 5.11 Å². The summed E-state index contributed by atoms with van der Waals surface area (Å²) < 4.78 is 5.16. The van der Waals surface area contributed by atoms with Gasteiger partial charge in [-0.3, -0.25) is 4.90 Å². The number of nitrogens with two attached hydrogens (primary N) is 1. The van der Waals surface area contributed by atoms with Gasteiger partial charge in [0.05, 0.1) is 7.11 Å². The van der Waals surface area contributed by atoms with Gasteiger partial charge in [-0.2, -0.15) is 0 Å². The Hall–Kier alpha value is -1.26. The predicted octanol–water partition coefficient (Wildman–Crippen LogP) is 2.10. The van der Waals surface area contributed by atoms with E-state index in [1.54, 1.807) is 13.2 Å². The molecule has 19 heavy (non-hydrogen) atoms. The first-order chi connectivity index (χ1) is 9.13. The minimum absolute atomic E-state index is 0.160. The number of hydrogen-bond donors (Lipinski definition) is 2. The van der Waals surface area contributed by atoms with Crippen molar-refractivity contribution in [3.05, 3.63) is 23.8 Å². The Morgan fingerprint density at radius 1 is 1.47 bits per heavy atom. The van der Waals surface area contributed by atoms with Crippen molar-refractivity contribution in [3.63, 3.8) is 0 Å². The van der Waals surface area contributed by atoms with Crippen molar-refractivity contribution >= 4 is 0 Å². The van der Waals surface area contributed by atoms with E-state index in [1.165, 1.54) is 12.8 Å². The molecule has 1 aliphatic rings. The maximum absolute atomic E-state index is 10.2. The molecule has 1 heterocycles. The molecule has 2 atom stereocenters. The summed E-state index contributed by atoms with van der Waals surface area (Å²) in [5.41, 5.74) is 6.99. The number of rotatable bonds is 4. The summed E-state index contributed by atoms with van der Waals surface area (Å²) in [5, 5.41) is 10.2. The van der Waals surface area contributed by atoms with Crippen molar-refractivity contribution in [3.8, 4) is 11.5 Å². The number of aromatic hydroxyl groups is 1. The molecule has 1 aromatic carbocycles. The van der Waals surface area contributed by atoms with Gasteiger partial charge in [-0.1, -0.05) is 18.6 Å². The number of methoxy groups -OCH3 is 1. The van der Waals surface area contributed by atoms with Crippen LogP contribution in [0.3, 0.4) is 0 Å². The summed E-state index contributed by atoms with van der Waals surface area (Å²) in [5.74, 6) is 0.783. The zero-order valence-corrected chi connectivity index (χ0v) is 11.8. The van der Waals surface area contributed by atoms with E-state index in [-0.39, 0.29) is 11.8 Å². The molecule has 0 aliphatic carbocycles. The van der Waals surface area contributed by atoms with Crippen molar-refractivity contribution in [2.24, 2.45) is 5.73 Å². The molecule has 0 bridgehead atoms. The Kier molecular flexibility index (Phi) is 4.66. The third-order valence-corrected chi connectivity index (χ3v) is 3.95. The second kappa shape index (κ2) is 6.26. The molecule has 0 saturated carbocycles. The van der Waals surface area contributed by atoms with Gasteiger partial charge < -0.3 is 15.6 Å².